The van der Waals surface area contributed by atoms with Gasteiger partial charge in [0.15, 0.2) is 0 Å². The fourth-order valence-corrected chi connectivity index (χ4v) is 4.26. The van der Waals surface area contributed by atoms with Crippen LogP contribution in [0.5, 0.6) is 11.5 Å². The summed E-state index contributed by atoms with van der Waals surface area (Å²) in [5.74, 6) is 0.967. The molecule has 2 amide bonds. The Bertz CT molecular complexity index is 1080. The first-order valence-electron chi connectivity index (χ1n) is 9.83. The van der Waals surface area contributed by atoms with Crippen molar-refractivity contribution in [2.75, 3.05) is 26.1 Å². The summed E-state index contributed by atoms with van der Waals surface area (Å²) in [4.78, 5) is 27.4. The van der Waals surface area contributed by atoms with Gasteiger partial charge in [0.05, 0.1) is 14.2 Å². The molecule has 1 aliphatic heterocycles. The number of hydrogen-bond acceptors (Lipinski definition) is 7. The molecule has 9 heteroatoms. The Kier molecular flexibility index (Phi) is 6.13. The van der Waals surface area contributed by atoms with Gasteiger partial charge < -0.3 is 14.4 Å². The highest BCUT2D eigenvalue weighted by Crippen LogP contribution is 2.29. The van der Waals surface area contributed by atoms with Crippen LogP contribution in [-0.2, 0) is 4.79 Å². The molecule has 0 radical (unpaired) electrons. The standard InChI is InChI=1S/C22H22N4O4S/c1-29-16-10-8-14(9-11-16)21(28)26-12-4-7-18(26)19(27)23-22-25-24-20(31-22)15-5-3-6-17(13-15)30-2/h3,5-6,8-11,13,18H,4,7,12H2,1-2H3,(H,23,25,27). The molecular formula is C22H22N4O4S. The van der Waals surface area contributed by atoms with E-state index in [0.29, 0.717) is 34.4 Å². The average molecular weight is 439 g/mol. The minimum atomic E-state index is -0.543. The molecule has 0 aliphatic carbocycles. The van der Waals surface area contributed by atoms with E-state index < -0.39 is 6.04 Å². The Morgan fingerprint density at radius 1 is 1.06 bits per heavy atom. The number of methoxy groups -OCH3 is 2. The van der Waals surface area contributed by atoms with Crippen molar-refractivity contribution in [2.45, 2.75) is 18.9 Å². The van der Waals surface area contributed by atoms with Gasteiger partial charge in [-0.1, -0.05) is 23.5 Å². The number of benzene rings is 2. The van der Waals surface area contributed by atoms with Crippen molar-refractivity contribution in [1.29, 1.82) is 0 Å². The summed E-state index contributed by atoms with van der Waals surface area (Å²) >= 11 is 1.28. The van der Waals surface area contributed by atoms with Gasteiger partial charge in [-0.15, -0.1) is 10.2 Å². The highest BCUT2D eigenvalue weighted by atomic mass is 32.1. The molecule has 3 aromatic rings. The van der Waals surface area contributed by atoms with Gasteiger partial charge in [-0.25, -0.2) is 0 Å². The molecule has 1 atom stereocenters. The molecule has 1 aliphatic rings. The van der Waals surface area contributed by atoms with Gasteiger partial charge >= 0.3 is 0 Å². The maximum atomic E-state index is 12.9. The fraction of sp³-hybridized carbons (Fsp3) is 0.273. The van der Waals surface area contributed by atoms with Crippen LogP contribution in [0.3, 0.4) is 0 Å². The van der Waals surface area contributed by atoms with Crippen molar-refractivity contribution in [2.24, 2.45) is 0 Å². The highest BCUT2D eigenvalue weighted by molar-refractivity contribution is 7.18. The van der Waals surface area contributed by atoms with Gasteiger partial charge in [0.1, 0.15) is 22.5 Å². The zero-order valence-electron chi connectivity index (χ0n) is 17.2. The summed E-state index contributed by atoms with van der Waals surface area (Å²) < 4.78 is 10.4. The third-order valence-electron chi connectivity index (χ3n) is 5.13. The second-order valence-corrected chi connectivity index (χ2v) is 8.00. The van der Waals surface area contributed by atoms with Crippen LogP contribution in [0, 0.1) is 0 Å². The number of rotatable bonds is 6. The van der Waals surface area contributed by atoms with Crippen molar-refractivity contribution in [3.8, 4) is 22.1 Å². The van der Waals surface area contributed by atoms with Crippen LogP contribution >= 0.6 is 11.3 Å². The largest absolute Gasteiger partial charge is 0.497 e. The van der Waals surface area contributed by atoms with Crippen LogP contribution in [0.4, 0.5) is 5.13 Å². The number of carbonyl (C=O) groups excluding carboxylic acids is 2. The third-order valence-corrected chi connectivity index (χ3v) is 6.01. The van der Waals surface area contributed by atoms with Gasteiger partial charge in [-0.3, -0.25) is 14.9 Å². The third kappa shape index (κ3) is 4.51. The van der Waals surface area contributed by atoms with Gasteiger partial charge in [-0.05, 0) is 49.2 Å². The lowest BCUT2D eigenvalue weighted by molar-refractivity contribution is -0.119. The number of anilines is 1. The second kappa shape index (κ2) is 9.13. The van der Waals surface area contributed by atoms with E-state index in [9.17, 15) is 9.59 Å². The predicted molar refractivity (Wildman–Crippen MR) is 118 cm³/mol. The summed E-state index contributed by atoms with van der Waals surface area (Å²) in [5, 5.41) is 12.1. The van der Waals surface area contributed by atoms with Crippen LogP contribution in [0.2, 0.25) is 0 Å². The van der Waals surface area contributed by atoms with Crippen molar-refractivity contribution in [1.82, 2.24) is 15.1 Å². The Morgan fingerprint density at radius 2 is 1.84 bits per heavy atom. The normalized spacial score (nSPS) is 15.5. The first-order valence-corrected chi connectivity index (χ1v) is 10.6. The zero-order valence-corrected chi connectivity index (χ0v) is 18.0. The van der Waals surface area contributed by atoms with Gasteiger partial charge in [-0.2, -0.15) is 0 Å². The number of likely N-dealkylation sites (tertiary alicyclic amines) is 1. The maximum Gasteiger partial charge on any atom is 0.254 e. The minimum absolute atomic E-state index is 0.172. The van der Waals surface area contributed by atoms with Crippen molar-refractivity contribution in [3.63, 3.8) is 0 Å². The summed E-state index contributed by atoms with van der Waals surface area (Å²) in [6, 6.07) is 13.8. The number of carbonyl (C=O) groups is 2. The average Bonchev–Trinajstić information content (AvgIpc) is 3.48. The Morgan fingerprint density at radius 3 is 2.58 bits per heavy atom. The first kappa shape index (κ1) is 20.8. The molecule has 0 spiro atoms. The van der Waals surface area contributed by atoms with E-state index in [1.807, 2.05) is 24.3 Å². The lowest BCUT2D eigenvalue weighted by Crippen LogP contribution is -2.43. The van der Waals surface area contributed by atoms with E-state index in [2.05, 4.69) is 15.5 Å². The SMILES string of the molecule is COc1ccc(C(=O)N2CCCC2C(=O)Nc2nnc(-c3cccc(OC)c3)s2)cc1. The number of aromatic nitrogens is 2. The molecule has 1 N–H and O–H groups in total. The summed E-state index contributed by atoms with van der Waals surface area (Å²) in [6.07, 6.45) is 1.38. The maximum absolute atomic E-state index is 12.9. The fourth-order valence-electron chi connectivity index (χ4n) is 3.52. The predicted octanol–water partition coefficient (Wildman–Crippen LogP) is 3.47. The molecular weight excluding hydrogens is 416 g/mol. The van der Waals surface area contributed by atoms with Crippen molar-refractivity contribution < 1.29 is 19.1 Å². The molecule has 4 rings (SSSR count). The first-order chi connectivity index (χ1) is 15.1. The number of hydrogen-bond donors (Lipinski definition) is 1. The van der Waals surface area contributed by atoms with E-state index in [1.165, 1.54) is 11.3 Å². The van der Waals surface area contributed by atoms with E-state index in [-0.39, 0.29) is 11.8 Å². The van der Waals surface area contributed by atoms with Gasteiger partial charge in [0.2, 0.25) is 11.0 Å². The molecule has 1 saturated heterocycles. The molecule has 1 unspecified atom stereocenters. The van der Waals surface area contributed by atoms with E-state index in [4.69, 9.17) is 9.47 Å². The number of amides is 2. The lowest BCUT2D eigenvalue weighted by atomic mass is 10.1. The van der Waals surface area contributed by atoms with Crippen molar-refractivity contribution >= 4 is 28.3 Å². The quantitative estimate of drug-likeness (QED) is 0.633. The Labute approximate surface area is 183 Å². The summed E-state index contributed by atoms with van der Waals surface area (Å²) in [6.45, 7) is 0.536. The van der Waals surface area contributed by atoms with E-state index in [0.717, 1.165) is 17.7 Å². The van der Waals surface area contributed by atoms with Gasteiger partial charge in [0, 0.05) is 17.7 Å². The van der Waals surface area contributed by atoms with Crippen LogP contribution in [0.15, 0.2) is 48.5 Å². The van der Waals surface area contributed by atoms with Crippen LogP contribution in [-0.4, -0.2) is 53.7 Å². The molecule has 8 nitrogen and oxygen atoms in total. The highest BCUT2D eigenvalue weighted by Gasteiger charge is 2.35. The second-order valence-electron chi connectivity index (χ2n) is 7.02. The topological polar surface area (TPSA) is 93.7 Å². The van der Waals surface area contributed by atoms with Crippen LogP contribution < -0.4 is 14.8 Å². The molecule has 2 heterocycles. The summed E-state index contributed by atoms with van der Waals surface area (Å²) in [7, 11) is 3.18. The molecule has 0 saturated carbocycles. The zero-order chi connectivity index (χ0) is 21.8. The molecule has 2 aromatic carbocycles. The van der Waals surface area contributed by atoms with Crippen LogP contribution in [0.1, 0.15) is 23.2 Å². The minimum Gasteiger partial charge on any atom is -0.497 e. The molecule has 1 aromatic heterocycles. The lowest BCUT2D eigenvalue weighted by Gasteiger charge is -2.23. The number of nitrogens with zero attached hydrogens (tertiary/aromatic N) is 3. The Hall–Kier alpha value is -3.46. The molecule has 1 fully saturated rings. The molecule has 0 bridgehead atoms. The summed E-state index contributed by atoms with van der Waals surface area (Å²) in [5.41, 5.74) is 1.38. The molecule has 31 heavy (non-hydrogen) atoms. The number of nitrogens with one attached hydrogen (secondary N) is 1. The van der Waals surface area contributed by atoms with Crippen LogP contribution in [0.25, 0.3) is 10.6 Å². The van der Waals surface area contributed by atoms with E-state index in [1.54, 1.807) is 43.4 Å². The van der Waals surface area contributed by atoms with Gasteiger partial charge in [0.25, 0.3) is 5.91 Å². The smallest absolute Gasteiger partial charge is 0.254 e. The monoisotopic (exact) mass is 438 g/mol. The molecule has 160 valence electrons. The van der Waals surface area contributed by atoms with E-state index >= 15 is 0 Å². The van der Waals surface area contributed by atoms with Crippen molar-refractivity contribution in [3.05, 3.63) is 54.1 Å². The Balaban J connectivity index is 1.45. The number of ether oxygens (including phenoxy) is 2.